The molecule has 1 saturated heterocycles. The van der Waals surface area contributed by atoms with E-state index in [1.165, 1.54) is 18.5 Å². The first-order chi connectivity index (χ1) is 16.8. The molecule has 1 aliphatic heterocycles. The fraction of sp³-hybridized carbons (Fsp3) is 0.522. The Labute approximate surface area is 201 Å². The van der Waals surface area contributed by atoms with Gasteiger partial charge in [-0.1, -0.05) is 12.1 Å². The molecular weight excluding hydrogens is 465 g/mol. The highest BCUT2D eigenvalue weighted by atomic mass is 19.3. The third-order valence-corrected chi connectivity index (χ3v) is 6.25. The molecule has 2 heterocycles. The van der Waals surface area contributed by atoms with Gasteiger partial charge in [-0.3, -0.25) is 9.69 Å². The molecule has 1 aliphatic carbocycles. The summed E-state index contributed by atoms with van der Waals surface area (Å²) in [5.41, 5.74) is 6.03. The van der Waals surface area contributed by atoms with Gasteiger partial charge in [0.15, 0.2) is 11.6 Å². The molecule has 2 aliphatic rings. The Kier molecular flexibility index (Phi) is 7.91. The van der Waals surface area contributed by atoms with Crippen LogP contribution in [0.3, 0.4) is 0 Å². The van der Waals surface area contributed by atoms with Crippen molar-refractivity contribution in [2.75, 3.05) is 36.4 Å². The fourth-order valence-electron chi connectivity index (χ4n) is 4.30. The van der Waals surface area contributed by atoms with E-state index in [-0.39, 0.29) is 35.9 Å². The Morgan fingerprint density at radius 1 is 1.26 bits per heavy atom. The minimum absolute atomic E-state index is 0.0492. The van der Waals surface area contributed by atoms with E-state index in [2.05, 4.69) is 20.0 Å². The van der Waals surface area contributed by atoms with Gasteiger partial charge in [0.05, 0.1) is 12.6 Å². The first-order valence-corrected chi connectivity index (χ1v) is 11.5. The molecule has 0 radical (unpaired) electrons. The van der Waals surface area contributed by atoms with E-state index in [0.717, 1.165) is 18.4 Å². The molecule has 0 bridgehead atoms. The first-order valence-electron chi connectivity index (χ1n) is 11.5. The van der Waals surface area contributed by atoms with E-state index in [0.29, 0.717) is 32.6 Å². The average molecular weight is 495 g/mol. The molecule has 2 atom stereocenters. The number of aliphatic hydroxyl groups excluding tert-OH is 1. The zero-order valence-electron chi connectivity index (χ0n) is 19.1. The number of alkyl halides is 2. The van der Waals surface area contributed by atoms with Crippen molar-refractivity contribution in [3.8, 4) is 5.75 Å². The maximum absolute atomic E-state index is 15.4. The Morgan fingerprint density at radius 2 is 2.00 bits per heavy atom. The second-order valence-electron chi connectivity index (χ2n) is 8.94. The lowest BCUT2D eigenvalue weighted by Gasteiger charge is -2.35. The van der Waals surface area contributed by atoms with Gasteiger partial charge < -0.3 is 25.8 Å². The molecule has 2 fully saturated rings. The molecule has 1 saturated carbocycles. The third-order valence-electron chi connectivity index (χ3n) is 6.25. The number of aliphatic hydroxyl groups is 1. The SMILES string of the molecule is NC(=O)CN1CCC(CNc2ncnc(N(Cc3ccc(OC(F)F)cc3)C3CC3)c2F)C(O)C1. The number of carbonyl (C=O) groups is 1. The number of halogens is 3. The lowest BCUT2D eigenvalue weighted by atomic mass is 9.93. The minimum Gasteiger partial charge on any atom is -0.435 e. The number of nitrogens with one attached hydrogen (secondary N) is 1. The number of aromatic nitrogens is 2. The van der Waals surface area contributed by atoms with Crippen LogP contribution in [0.1, 0.15) is 24.8 Å². The van der Waals surface area contributed by atoms with Crippen LogP contribution in [-0.4, -0.2) is 70.8 Å². The standard InChI is InChI=1S/C23H29F3N6O3/c24-20-21(28-9-15-7-8-31(11-18(15)33)12-19(27)34)29-13-30-22(20)32(16-3-4-16)10-14-1-5-17(6-2-14)35-23(25)26/h1-2,5-6,13,15-16,18,23,33H,3-4,7-12H2,(H2,27,34)(H,28,29,30). The Hall–Kier alpha value is -3.12. The average Bonchev–Trinajstić information content (AvgIpc) is 3.64. The summed E-state index contributed by atoms with van der Waals surface area (Å²) in [6.07, 6.45) is 3.03. The molecule has 12 heteroatoms. The maximum atomic E-state index is 15.4. The van der Waals surface area contributed by atoms with Crippen LogP contribution in [0, 0.1) is 11.7 Å². The summed E-state index contributed by atoms with van der Waals surface area (Å²) in [6.45, 7) is -1.20. The zero-order valence-corrected chi connectivity index (χ0v) is 19.1. The Bertz CT molecular complexity index is 1010. The quantitative estimate of drug-likeness (QED) is 0.434. The smallest absolute Gasteiger partial charge is 0.387 e. The van der Waals surface area contributed by atoms with Crippen LogP contribution in [0.2, 0.25) is 0 Å². The summed E-state index contributed by atoms with van der Waals surface area (Å²) in [5, 5.41) is 13.4. The number of hydrogen-bond acceptors (Lipinski definition) is 8. The van der Waals surface area contributed by atoms with Gasteiger partial charge in [0.25, 0.3) is 0 Å². The number of amides is 1. The van der Waals surface area contributed by atoms with Crippen molar-refractivity contribution < 1.29 is 27.8 Å². The molecule has 1 aromatic carbocycles. The molecule has 190 valence electrons. The summed E-state index contributed by atoms with van der Waals surface area (Å²) in [4.78, 5) is 23.0. The first kappa shape index (κ1) is 25.0. The number of primary amides is 1. The largest absolute Gasteiger partial charge is 0.435 e. The second-order valence-corrected chi connectivity index (χ2v) is 8.94. The molecule has 9 nitrogen and oxygen atoms in total. The van der Waals surface area contributed by atoms with Gasteiger partial charge in [-0.25, -0.2) is 9.97 Å². The molecule has 1 aromatic heterocycles. The van der Waals surface area contributed by atoms with E-state index in [1.54, 1.807) is 17.0 Å². The van der Waals surface area contributed by atoms with Crippen LogP contribution < -0.4 is 20.7 Å². The molecular formula is C23H29F3N6O3. The van der Waals surface area contributed by atoms with E-state index < -0.39 is 24.4 Å². The third kappa shape index (κ3) is 6.73. The molecule has 0 spiro atoms. The van der Waals surface area contributed by atoms with Crippen LogP contribution in [-0.2, 0) is 11.3 Å². The van der Waals surface area contributed by atoms with Crippen LogP contribution in [0.15, 0.2) is 30.6 Å². The van der Waals surface area contributed by atoms with E-state index >= 15 is 4.39 Å². The number of β-amino-alcohol motifs (C(OH)–C–C–N with tert-alkyl or cyclic N) is 1. The number of anilines is 2. The van der Waals surface area contributed by atoms with Crippen LogP contribution >= 0.6 is 0 Å². The molecule has 4 N–H and O–H groups in total. The molecule has 2 unspecified atom stereocenters. The number of piperidine rings is 1. The van der Waals surface area contributed by atoms with Gasteiger partial charge in [0.2, 0.25) is 11.7 Å². The number of hydrogen-bond donors (Lipinski definition) is 3. The van der Waals surface area contributed by atoms with Crippen molar-refractivity contribution >= 4 is 17.5 Å². The fourth-order valence-corrected chi connectivity index (χ4v) is 4.30. The number of ether oxygens (including phenoxy) is 1. The van der Waals surface area contributed by atoms with Crippen LogP contribution in [0.25, 0.3) is 0 Å². The highest BCUT2D eigenvalue weighted by molar-refractivity contribution is 5.75. The molecule has 35 heavy (non-hydrogen) atoms. The summed E-state index contributed by atoms with van der Waals surface area (Å²) in [7, 11) is 0. The Morgan fingerprint density at radius 3 is 2.63 bits per heavy atom. The van der Waals surface area contributed by atoms with Gasteiger partial charge in [0.1, 0.15) is 12.1 Å². The van der Waals surface area contributed by atoms with Crippen molar-refractivity contribution in [3.05, 3.63) is 42.0 Å². The number of nitrogens with zero attached hydrogens (tertiary/aromatic N) is 4. The summed E-state index contributed by atoms with van der Waals surface area (Å²) in [5.74, 6) is -0.892. The van der Waals surface area contributed by atoms with Gasteiger partial charge in [0, 0.05) is 31.6 Å². The van der Waals surface area contributed by atoms with Gasteiger partial charge >= 0.3 is 6.61 Å². The zero-order chi connectivity index (χ0) is 24.9. The highest BCUT2D eigenvalue weighted by Gasteiger charge is 2.33. The van der Waals surface area contributed by atoms with Crippen molar-refractivity contribution in [2.24, 2.45) is 11.7 Å². The lowest BCUT2D eigenvalue weighted by molar-refractivity contribution is -0.120. The van der Waals surface area contributed by atoms with Crippen molar-refractivity contribution in [3.63, 3.8) is 0 Å². The van der Waals surface area contributed by atoms with Gasteiger partial charge in [-0.15, -0.1) is 0 Å². The Balaban J connectivity index is 1.40. The topological polar surface area (TPSA) is 117 Å². The minimum atomic E-state index is -2.89. The highest BCUT2D eigenvalue weighted by Crippen LogP contribution is 2.35. The number of rotatable bonds is 11. The number of benzene rings is 1. The lowest BCUT2D eigenvalue weighted by Crippen LogP contribution is -2.48. The van der Waals surface area contributed by atoms with Gasteiger partial charge in [-0.2, -0.15) is 13.2 Å². The number of likely N-dealkylation sites (tertiary alicyclic amines) is 1. The number of carbonyl (C=O) groups excluding carboxylic acids is 1. The molecule has 4 rings (SSSR count). The predicted octanol–water partition coefficient (Wildman–Crippen LogP) is 1.97. The van der Waals surface area contributed by atoms with E-state index in [4.69, 9.17) is 5.73 Å². The van der Waals surface area contributed by atoms with Crippen molar-refractivity contribution in [1.82, 2.24) is 14.9 Å². The van der Waals surface area contributed by atoms with Gasteiger partial charge in [-0.05, 0) is 43.5 Å². The van der Waals surface area contributed by atoms with E-state index in [9.17, 15) is 18.7 Å². The normalized spacial score (nSPS) is 20.6. The predicted molar refractivity (Wildman–Crippen MR) is 123 cm³/mol. The number of nitrogens with two attached hydrogens (primary N) is 1. The molecule has 2 aromatic rings. The van der Waals surface area contributed by atoms with Crippen LogP contribution in [0.5, 0.6) is 5.75 Å². The summed E-state index contributed by atoms with van der Waals surface area (Å²) in [6, 6.07) is 6.36. The molecule has 1 amide bonds. The monoisotopic (exact) mass is 494 g/mol. The summed E-state index contributed by atoms with van der Waals surface area (Å²) >= 11 is 0. The van der Waals surface area contributed by atoms with Crippen molar-refractivity contribution in [2.45, 2.75) is 44.6 Å². The summed E-state index contributed by atoms with van der Waals surface area (Å²) < 4.78 is 44.6. The van der Waals surface area contributed by atoms with Crippen molar-refractivity contribution in [1.29, 1.82) is 0 Å². The van der Waals surface area contributed by atoms with E-state index in [1.807, 2.05) is 4.90 Å². The van der Waals surface area contributed by atoms with Crippen LogP contribution in [0.4, 0.5) is 24.8 Å². The second kappa shape index (κ2) is 11.1. The maximum Gasteiger partial charge on any atom is 0.387 e.